The van der Waals surface area contributed by atoms with E-state index in [0.717, 1.165) is 4.47 Å². The lowest BCUT2D eigenvalue weighted by Gasteiger charge is -2.30. The number of sulfone groups is 1. The molecule has 0 aromatic heterocycles. The maximum atomic E-state index is 12.2. The van der Waals surface area contributed by atoms with Crippen molar-refractivity contribution >= 4 is 37.4 Å². The summed E-state index contributed by atoms with van der Waals surface area (Å²) in [5.41, 5.74) is 0.332. The molecule has 0 aliphatic carbocycles. The molecule has 0 spiro atoms. The van der Waals surface area contributed by atoms with Crippen molar-refractivity contribution in [1.82, 2.24) is 0 Å². The Bertz CT molecular complexity index is 578. The van der Waals surface area contributed by atoms with Crippen LogP contribution in [-0.2, 0) is 14.6 Å². The van der Waals surface area contributed by atoms with Crippen LogP contribution in [0, 0.1) is 0 Å². The summed E-state index contributed by atoms with van der Waals surface area (Å²) in [5, 5.41) is 2.60. The number of benzene rings is 1. The third kappa shape index (κ3) is 1.40. The first-order valence-corrected chi connectivity index (χ1v) is 6.90. The molecule has 0 unspecified atom stereocenters. The van der Waals surface area contributed by atoms with Gasteiger partial charge in [0.05, 0.1) is 10.6 Å². The number of fused-ring (bicyclic) bond motifs is 1. The molecule has 1 aliphatic rings. The van der Waals surface area contributed by atoms with Crippen LogP contribution in [-0.4, -0.2) is 19.1 Å². The number of rotatable bonds is 0. The zero-order valence-electron chi connectivity index (χ0n) is 8.74. The SMILES string of the molecule is CC1(C)C(=O)Nc2cc(Br)ccc2S1(=O)=O. The van der Waals surface area contributed by atoms with Crippen molar-refractivity contribution in [2.45, 2.75) is 23.5 Å². The molecule has 2 rings (SSSR count). The van der Waals surface area contributed by atoms with Crippen molar-refractivity contribution in [1.29, 1.82) is 0 Å². The highest BCUT2D eigenvalue weighted by molar-refractivity contribution is 9.10. The van der Waals surface area contributed by atoms with E-state index in [1.807, 2.05) is 0 Å². The van der Waals surface area contributed by atoms with E-state index in [0.29, 0.717) is 5.69 Å². The van der Waals surface area contributed by atoms with Crippen LogP contribution in [0.5, 0.6) is 0 Å². The molecule has 1 heterocycles. The predicted octanol–water partition coefficient (Wildman–Crippen LogP) is 1.95. The third-order valence-corrected chi connectivity index (χ3v) is 5.66. The van der Waals surface area contributed by atoms with Crippen LogP contribution in [0.2, 0.25) is 0 Å². The van der Waals surface area contributed by atoms with Crippen molar-refractivity contribution < 1.29 is 13.2 Å². The maximum absolute atomic E-state index is 12.2. The highest BCUT2D eigenvalue weighted by Crippen LogP contribution is 2.37. The topological polar surface area (TPSA) is 63.2 Å². The molecular weight excluding hydrogens is 294 g/mol. The fraction of sp³-hybridized carbons (Fsp3) is 0.300. The van der Waals surface area contributed by atoms with Gasteiger partial charge in [0.25, 0.3) is 0 Å². The number of anilines is 1. The number of halogens is 1. The molecule has 0 saturated heterocycles. The lowest BCUT2D eigenvalue weighted by molar-refractivity contribution is -0.118. The molecule has 1 aromatic rings. The van der Waals surface area contributed by atoms with Crippen molar-refractivity contribution in [2.75, 3.05) is 5.32 Å². The van der Waals surface area contributed by atoms with Crippen LogP contribution in [0.15, 0.2) is 27.6 Å². The van der Waals surface area contributed by atoms with Crippen LogP contribution in [0.3, 0.4) is 0 Å². The number of nitrogens with one attached hydrogen (secondary N) is 1. The molecule has 4 nitrogen and oxygen atoms in total. The van der Waals surface area contributed by atoms with Crippen LogP contribution >= 0.6 is 15.9 Å². The molecule has 16 heavy (non-hydrogen) atoms. The average molecular weight is 304 g/mol. The van der Waals surface area contributed by atoms with Gasteiger partial charge in [-0.25, -0.2) is 8.42 Å². The van der Waals surface area contributed by atoms with Crippen molar-refractivity contribution in [3.05, 3.63) is 22.7 Å². The molecule has 1 aliphatic heterocycles. The first kappa shape index (κ1) is 11.6. The summed E-state index contributed by atoms with van der Waals surface area (Å²) in [7, 11) is -3.62. The van der Waals surface area contributed by atoms with Gasteiger partial charge in [0, 0.05) is 4.47 Å². The van der Waals surface area contributed by atoms with Gasteiger partial charge in [-0.05, 0) is 32.0 Å². The summed E-state index contributed by atoms with van der Waals surface area (Å²) in [4.78, 5) is 11.9. The van der Waals surface area contributed by atoms with Gasteiger partial charge in [0.1, 0.15) is 4.75 Å². The first-order chi connectivity index (χ1) is 7.26. The van der Waals surface area contributed by atoms with Gasteiger partial charge in [0.2, 0.25) is 5.91 Å². The number of amides is 1. The Morgan fingerprint density at radius 3 is 2.56 bits per heavy atom. The Hall–Kier alpha value is -0.880. The van der Waals surface area contributed by atoms with Crippen LogP contribution in [0.4, 0.5) is 5.69 Å². The standard InChI is InChI=1S/C10H10BrNO3S/c1-10(2)9(13)12-7-5-6(11)3-4-8(7)16(10,14)15/h3-5H,1-2H3,(H,12,13). The lowest BCUT2D eigenvalue weighted by Crippen LogP contribution is -2.48. The summed E-state index contributed by atoms with van der Waals surface area (Å²) in [6.07, 6.45) is 0. The van der Waals surface area contributed by atoms with E-state index in [9.17, 15) is 13.2 Å². The Balaban J connectivity index is 2.78. The van der Waals surface area contributed by atoms with E-state index >= 15 is 0 Å². The second kappa shape index (κ2) is 3.30. The number of hydrogen-bond donors (Lipinski definition) is 1. The molecule has 0 atom stereocenters. The molecule has 1 aromatic carbocycles. The Kier molecular flexibility index (Phi) is 2.40. The van der Waals surface area contributed by atoms with E-state index in [4.69, 9.17) is 0 Å². The lowest BCUT2D eigenvalue weighted by atomic mass is 10.1. The van der Waals surface area contributed by atoms with Crippen molar-refractivity contribution in [2.24, 2.45) is 0 Å². The monoisotopic (exact) mass is 303 g/mol. The number of carbonyl (C=O) groups is 1. The van der Waals surface area contributed by atoms with Gasteiger partial charge in [-0.1, -0.05) is 15.9 Å². The van der Waals surface area contributed by atoms with Crippen LogP contribution in [0.1, 0.15) is 13.8 Å². The normalized spacial score (nSPS) is 21.1. The van der Waals surface area contributed by atoms with E-state index in [2.05, 4.69) is 21.2 Å². The Morgan fingerprint density at radius 1 is 1.31 bits per heavy atom. The second-order valence-electron chi connectivity index (χ2n) is 4.11. The summed E-state index contributed by atoms with van der Waals surface area (Å²) in [5.74, 6) is -0.502. The fourth-order valence-corrected chi connectivity index (χ4v) is 3.36. The van der Waals surface area contributed by atoms with Crippen molar-refractivity contribution in [3.63, 3.8) is 0 Å². The molecule has 86 valence electrons. The molecule has 0 fully saturated rings. The molecular formula is C10H10BrNO3S. The summed E-state index contributed by atoms with van der Waals surface area (Å²) in [6, 6.07) is 4.72. The highest BCUT2D eigenvalue weighted by Gasteiger charge is 2.47. The van der Waals surface area contributed by atoms with Gasteiger partial charge in [0.15, 0.2) is 9.84 Å². The Labute approximate surface area is 102 Å². The number of carbonyl (C=O) groups excluding carboxylic acids is 1. The van der Waals surface area contributed by atoms with E-state index in [-0.39, 0.29) is 4.90 Å². The Morgan fingerprint density at radius 2 is 1.94 bits per heavy atom. The summed E-state index contributed by atoms with van der Waals surface area (Å²) in [6.45, 7) is 2.81. The minimum Gasteiger partial charge on any atom is -0.324 e. The zero-order valence-corrected chi connectivity index (χ0v) is 11.1. The van der Waals surface area contributed by atoms with E-state index in [1.54, 1.807) is 12.1 Å². The van der Waals surface area contributed by atoms with Crippen LogP contribution in [0.25, 0.3) is 0 Å². The van der Waals surface area contributed by atoms with Gasteiger partial charge < -0.3 is 5.32 Å². The molecule has 0 bridgehead atoms. The quantitative estimate of drug-likeness (QED) is 0.797. The first-order valence-electron chi connectivity index (χ1n) is 4.62. The second-order valence-corrected chi connectivity index (χ2v) is 7.49. The summed E-state index contributed by atoms with van der Waals surface area (Å²) >= 11 is 3.23. The highest BCUT2D eigenvalue weighted by atomic mass is 79.9. The third-order valence-electron chi connectivity index (χ3n) is 2.70. The molecule has 1 amide bonds. The average Bonchev–Trinajstić information content (AvgIpc) is 2.15. The minimum absolute atomic E-state index is 0.167. The fourth-order valence-electron chi connectivity index (χ4n) is 1.50. The van der Waals surface area contributed by atoms with Gasteiger partial charge >= 0.3 is 0 Å². The number of hydrogen-bond acceptors (Lipinski definition) is 3. The minimum atomic E-state index is -3.62. The smallest absolute Gasteiger partial charge is 0.245 e. The molecule has 6 heteroatoms. The predicted molar refractivity (Wildman–Crippen MR) is 64.0 cm³/mol. The van der Waals surface area contributed by atoms with Gasteiger partial charge in [-0.3, -0.25) is 4.79 Å². The van der Waals surface area contributed by atoms with Crippen molar-refractivity contribution in [3.8, 4) is 0 Å². The van der Waals surface area contributed by atoms with Gasteiger partial charge in [-0.2, -0.15) is 0 Å². The summed E-state index contributed by atoms with van der Waals surface area (Å²) < 4.78 is 23.6. The molecule has 1 N–H and O–H groups in total. The molecule has 0 radical (unpaired) electrons. The van der Waals surface area contributed by atoms with Gasteiger partial charge in [-0.15, -0.1) is 0 Å². The van der Waals surface area contributed by atoms with Crippen LogP contribution < -0.4 is 5.32 Å². The molecule has 0 saturated carbocycles. The largest absolute Gasteiger partial charge is 0.324 e. The zero-order chi connectivity index (χ0) is 12.1. The van der Waals surface area contributed by atoms with E-state index < -0.39 is 20.5 Å². The van der Waals surface area contributed by atoms with E-state index in [1.165, 1.54) is 19.9 Å². The maximum Gasteiger partial charge on any atom is 0.245 e.